The van der Waals surface area contributed by atoms with Crippen LogP contribution in [0.25, 0.3) is 0 Å². The Morgan fingerprint density at radius 1 is 1.26 bits per heavy atom. The monoisotopic (exact) mass is 260 g/mol. The van der Waals surface area contributed by atoms with Crippen molar-refractivity contribution in [3.05, 3.63) is 29.8 Å². The summed E-state index contributed by atoms with van der Waals surface area (Å²) in [7, 11) is 0. The van der Waals surface area contributed by atoms with E-state index in [4.69, 9.17) is 10.5 Å². The van der Waals surface area contributed by atoms with Gasteiger partial charge in [-0.1, -0.05) is 0 Å². The lowest BCUT2D eigenvalue weighted by molar-refractivity contribution is 0.0791. The normalized spacial score (nSPS) is 22.6. The maximum Gasteiger partial charge on any atom is 0.253 e. The predicted molar refractivity (Wildman–Crippen MR) is 73.2 cm³/mol. The van der Waals surface area contributed by atoms with E-state index in [1.807, 2.05) is 29.2 Å². The second-order valence-corrected chi connectivity index (χ2v) is 5.58. The molecule has 1 unspecified atom stereocenters. The largest absolute Gasteiger partial charge is 0.493 e. The van der Waals surface area contributed by atoms with E-state index in [2.05, 4.69) is 0 Å². The summed E-state index contributed by atoms with van der Waals surface area (Å²) >= 11 is 0. The number of carbonyl (C=O) groups excluding carboxylic acids is 1. The molecular formula is C15H20N2O2. The number of nitrogens with two attached hydrogens (primary N) is 1. The molecule has 1 aliphatic carbocycles. The van der Waals surface area contributed by atoms with Crippen LogP contribution in [-0.2, 0) is 0 Å². The van der Waals surface area contributed by atoms with Gasteiger partial charge in [0.25, 0.3) is 5.91 Å². The minimum absolute atomic E-state index is 0.0710. The third kappa shape index (κ3) is 3.07. The molecule has 4 heteroatoms. The average Bonchev–Trinajstić information content (AvgIpc) is 3.17. The fourth-order valence-electron chi connectivity index (χ4n) is 2.35. The van der Waals surface area contributed by atoms with E-state index in [1.165, 1.54) is 12.8 Å². The molecule has 3 rings (SSSR count). The van der Waals surface area contributed by atoms with Crippen molar-refractivity contribution in [1.82, 2.24) is 4.90 Å². The Morgan fingerprint density at radius 2 is 2.00 bits per heavy atom. The van der Waals surface area contributed by atoms with E-state index in [-0.39, 0.29) is 11.9 Å². The van der Waals surface area contributed by atoms with E-state index in [9.17, 15) is 4.79 Å². The lowest BCUT2D eigenvalue weighted by Gasteiger charge is -2.16. The van der Waals surface area contributed by atoms with Crippen molar-refractivity contribution in [3.63, 3.8) is 0 Å². The van der Waals surface area contributed by atoms with Crippen LogP contribution in [-0.4, -0.2) is 36.5 Å². The molecule has 19 heavy (non-hydrogen) atoms. The zero-order valence-corrected chi connectivity index (χ0v) is 11.0. The fourth-order valence-corrected chi connectivity index (χ4v) is 2.35. The highest BCUT2D eigenvalue weighted by molar-refractivity contribution is 5.94. The first-order chi connectivity index (χ1) is 9.22. The number of amides is 1. The standard InChI is InChI=1S/C15H20N2O2/c16-13-7-8-17(9-13)15(18)12-3-5-14(6-4-12)19-10-11-1-2-11/h3-6,11,13H,1-2,7-10,16H2. The highest BCUT2D eigenvalue weighted by atomic mass is 16.5. The maximum atomic E-state index is 12.2. The van der Waals surface area contributed by atoms with Gasteiger partial charge in [-0.05, 0) is 49.4 Å². The Bertz CT molecular complexity index is 454. The van der Waals surface area contributed by atoms with E-state index >= 15 is 0 Å². The maximum absolute atomic E-state index is 12.2. The van der Waals surface area contributed by atoms with Crippen LogP contribution in [0.15, 0.2) is 24.3 Å². The summed E-state index contributed by atoms with van der Waals surface area (Å²) in [4.78, 5) is 14.0. The molecule has 1 atom stereocenters. The Labute approximate surface area is 113 Å². The van der Waals surface area contributed by atoms with Gasteiger partial charge >= 0.3 is 0 Å². The molecule has 1 heterocycles. The first kappa shape index (κ1) is 12.5. The number of carbonyl (C=O) groups is 1. The van der Waals surface area contributed by atoms with Gasteiger partial charge in [-0.25, -0.2) is 0 Å². The van der Waals surface area contributed by atoms with Gasteiger partial charge in [0.1, 0.15) is 5.75 Å². The van der Waals surface area contributed by atoms with Crippen molar-refractivity contribution in [1.29, 1.82) is 0 Å². The van der Waals surface area contributed by atoms with Crippen molar-refractivity contribution >= 4 is 5.91 Å². The van der Waals surface area contributed by atoms with Gasteiger partial charge in [0.05, 0.1) is 6.61 Å². The molecule has 0 bridgehead atoms. The van der Waals surface area contributed by atoms with E-state index in [1.54, 1.807) is 0 Å². The van der Waals surface area contributed by atoms with Crippen molar-refractivity contribution in [2.24, 2.45) is 11.7 Å². The minimum Gasteiger partial charge on any atom is -0.493 e. The summed E-state index contributed by atoms with van der Waals surface area (Å²) in [6, 6.07) is 7.57. The third-order valence-corrected chi connectivity index (χ3v) is 3.80. The number of hydrogen-bond acceptors (Lipinski definition) is 3. The van der Waals surface area contributed by atoms with E-state index in [0.717, 1.165) is 31.2 Å². The van der Waals surface area contributed by atoms with E-state index < -0.39 is 0 Å². The molecule has 2 N–H and O–H groups in total. The Balaban J connectivity index is 1.59. The average molecular weight is 260 g/mol. The number of ether oxygens (including phenoxy) is 1. The summed E-state index contributed by atoms with van der Waals surface area (Å²) in [5.74, 6) is 1.66. The van der Waals surface area contributed by atoms with E-state index in [0.29, 0.717) is 12.1 Å². The first-order valence-electron chi connectivity index (χ1n) is 7.00. The first-order valence-corrected chi connectivity index (χ1v) is 7.00. The molecule has 0 radical (unpaired) electrons. The predicted octanol–water partition coefficient (Wildman–Crippen LogP) is 1.65. The highest BCUT2D eigenvalue weighted by Gasteiger charge is 2.24. The number of hydrogen-bond donors (Lipinski definition) is 1. The molecule has 2 fully saturated rings. The van der Waals surface area contributed by atoms with Crippen LogP contribution < -0.4 is 10.5 Å². The number of benzene rings is 1. The van der Waals surface area contributed by atoms with Crippen LogP contribution in [0.2, 0.25) is 0 Å². The van der Waals surface area contributed by atoms with Gasteiger partial charge in [0.2, 0.25) is 0 Å². The van der Waals surface area contributed by atoms with Gasteiger partial charge in [0, 0.05) is 24.7 Å². The van der Waals surface area contributed by atoms with Crippen LogP contribution in [0.4, 0.5) is 0 Å². The second kappa shape index (κ2) is 5.21. The van der Waals surface area contributed by atoms with Crippen molar-refractivity contribution in [2.45, 2.75) is 25.3 Å². The van der Waals surface area contributed by atoms with Crippen LogP contribution in [0.1, 0.15) is 29.6 Å². The summed E-state index contributed by atoms with van der Waals surface area (Å²) in [6.45, 7) is 2.23. The molecular weight excluding hydrogens is 240 g/mol. The fraction of sp³-hybridized carbons (Fsp3) is 0.533. The van der Waals surface area contributed by atoms with Crippen molar-refractivity contribution in [2.75, 3.05) is 19.7 Å². The Morgan fingerprint density at radius 3 is 2.58 bits per heavy atom. The van der Waals surface area contributed by atoms with Gasteiger partial charge in [-0.15, -0.1) is 0 Å². The van der Waals surface area contributed by atoms with Crippen LogP contribution in [0.5, 0.6) is 5.75 Å². The SMILES string of the molecule is NC1CCN(C(=O)c2ccc(OCC3CC3)cc2)C1. The van der Waals surface area contributed by atoms with Gasteiger partial charge in [0.15, 0.2) is 0 Å². The van der Waals surface area contributed by atoms with Crippen LogP contribution >= 0.6 is 0 Å². The molecule has 2 aliphatic rings. The minimum atomic E-state index is 0.0710. The Kier molecular flexibility index (Phi) is 3.42. The molecule has 1 aromatic carbocycles. The van der Waals surface area contributed by atoms with Gasteiger partial charge in [-0.3, -0.25) is 4.79 Å². The molecule has 0 spiro atoms. The molecule has 1 amide bonds. The molecule has 102 valence electrons. The van der Waals surface area contributed by atoms with Gasteiger partial charge < -0.3 is 15.4 Å². The number of rotatable bonds is 4. The lowest BCUT2D eigenvalue weighted by Crippen LogP contribution is -2.31. The summed E-state index contributed by atoms with van der Waals surface area (Å²) in [5.41, 5.74) is 6.54. The molecule has 1 aliphatic heterocycles. The summed E-state index contributed by atoms with van der Waals surface area (Å²) in [5, 5.41) is 0. The summed E-state index contributed by atoms with van der Waals surface area (Å²) < 4.78 is 5.66. The van der Waals surface area contributed by atoms with Crippen molar-refractivity contribution in [3.8, 4) is 5.75 Å². The number of likely N-dealkylation sites (tertiary alicyclic amines) is 1. The second-order valence-electron chi connectivity index (χ2n) is 5.58. The molecule has 4 nitrogen and oxygen atoms in total. The zero-order valence-electron chi connectivity index (χ0n) is 11.0. The third-order valence-electron chi connectivity index (χ3n) is 3.80. The van der Waals surface area contributed by atoms with Crippen molar-refractivity contribution < 1.29 is 9.53 Å². The smallest absolute Gasteiger partial charge is 0.253 e. The zero-order chi connectivity index (χ0) is 13.2. The van der Waals surface area contributed by atoms with Crippen LogP contribution in [0, 0.1) is 5.92 Å². The molecule has 0 aromatic heterocycles. The quantitative estimate of drug-likeness (QED) is 0.895. The van der Waals surface area contributed by atoms with Crippen LogP contribution in [0.3, 0.4) is 0 Å². The lowest BCUT2D eigenvalue weighted by atomic mass is 10.2. The molecule has 1 aromatic rings. The highest BCUT2D eigenvalue weighted by Crippen LogP contribution is 2.29. The Hall–Kier alpha value is -1.55. The van der Waals surface area contributed by atoms with Gasteiger partial charge in [-0.2, -0.15) is 0 Å². The molecule has 1 saturated carbocycles. The topological polar surface area (TPSA) is 55.6 Å². The molecule has 1 saturated heterocycles. The summed E-state index contributed by atoms with van der Waals surface area (Å²) in [6.07, 6.45) is 3.46. The number of nitrogens with zero attached hydrogens (tertiary/aromatic N) is 1.